The monoisotopic (exact) mass is 483 g/mol. The molecule has 0 bridgehead atoms. The smallest absolute Gasteiger partial charge is 0.219 e. The van der Waals surface area contributed by atoms with Gasteiger partial charge in [-0.1, -0.05) is 18.2 Å². The third-order valence-corrected chi connectivity index (χ3v) is 6.51. The Labute approximate surface area is 209 Å². The number of ether oxygens (including phenoxy) is 2. The van der Waals surface area contributed by atoms with E-state index in [2.05, 4.69) is 69.2 Å². The highest BCUT2D eigenvalue weighted by Gasteiger charge is 2.27. The van der Waals surface area contributed by atoms with Crippen LogP contribution in [-0.4, -0.2) is 76.0 Å². The van der Waals surface area contributed by atoms with Crippen molar-refractivity contribution >= 4 is 27.6 Å². The molecule has 5 aromatic rings. The second-order valence-corrected chi connectivity index (χ2v) is 9.53. The van der Waals surface area contributed by atoms with Gasteiger partial charge in [0.25, 0.3) is 0 Å². The van der Waals surface area contributed by atoms with Gasteiger partial charge in [0.1, 0.15) is 11.2 Å². The van der Waals surface area contributed by atoms with Crippen LogP contribution in [0.5, 0.6) is 11.6 Å². The summed E-state index contributed by atoms with van der Waals surface area (Å²) < 4.78 is 12.0. The summed E-state index contributed by atoms with van der Waals surface area (Å²) >= 11 is 0. The number of aromatic nitrogens is 5. The molecular formula is C27H29N7O2. The number of pyridine rings is 1. The van der Waals surface area contributed by atoms with E-state index in [4.69, 9.17) is 14.5 Å². The van der Waals surface area contributed by atoms with Crippen molar-refractivity contribution in [3.63, 3.8) is 0 Å². The fraction of sp³-hybridized carbons (Fsp3) is 0.296. The molecule has 1 aliphatic heterocycles. The molecule has 2 aromatic carbocycles. The highest BCUT2D eigenvalue weighted by atomic mass is 16.5. The Morgan fingerprint density at radius 2 is 2.06 bits per heavy atom. The molecule has 4 heterocycles. The number of imidazole rings is 1. The Morgan fingerprint density at radius 3 is 2.89 bits per heavy atom. The van der Waals surface area contributed by atoms with E-state index in [0.29, 0.717) is 30.1 Å². The van der Waals surface area contributed by atoms with Gasteiger partial charge in [0.05, 0.1) is 23.7 Å². The zero-order valence-electron chi connectivity index (χ0n) is 20.6. The number of morpholine rings is 1. The summed E-state index contributed by atoms with van der Waals surface area (Å²) in [5.41, 5.74) is 4.59. The fourth-order valence-electron chi connectivity index (χ4n) is 4.78. The van der Waals surface area contributed by atoms with Crippen molar-refractivity contribution in [1.82, 2.24) is 30.0 Å². The van der Waals surface area contributed by atoms with Crippen LogP contribution in [0, 0.1) is 0 Å². The van der Waals surface area contributed by atoms with Crippen LogP contribution in [0.15, 0.2) is 60.8 Å². The molecule has 2 atom stereocenters. The first-order chi connectivity index (χ1) is 17.5. The Morgan fingerprint density at radius 1 is 1.14 bits per heavy atom. The van der Waals surface area contributed by atoms with E-state index >= 15 is 0 Å². The number of para-hydroxylation sites is 1. The van der Waals surface area contributed by atoms with Crippen LogP contribution in [0.4, 0.5) is 5.69 Å². The number of anilines is 1. The third kappa shape index (κ3) is 4.27. The molecule has 0 spiro atoms. The second kappa shape index (κ2) is 9.25. The lowest BCUT2D eigenvalue weighted by Gasteiger charge is -2.40. The zero-order valence-corrected chi connectivity index (χ0v) is 20.6. The average molecular weight is 484 g/mol. The van der Waals surface area contributed by atoms with Gasteiger partial charge >= 0.3 is 0 Å². The number of rotatable bonds is 6. The molecule has 3 aromatic heterocycles. The maximum Gasteiger partial charge on any atom is 0.219 e. The molecular weight excluding hydrogens is 454 g/mol. The van der Waals surface area contributed by atoms with Gasteiger partial charge in [-0.2, -0.15) is 5.10 Å². The number of aromatic amines is 2. The normalized spacial score (nSPS) is 18.4. The van der Waals surface area contributed by atoms with Crippen molar-refractivity contribution in [2.24, 2.45) is 0 Å². The van der Waals surface area contributed by atoms with Crippen LogP contribution < -0.4 is 9.64 Å². The molecule has 0 radical (unpaired) electrons. The maximum absolute atomic E-state index is 6.05. The minimum absolute atomic E-state index is 0.183. The van der Waals surface area contributed by atoms with E-state index < -0.39 is 0 Å². The van der Waals surface area contributed by atoms with Gasteiger partial charge < -0.3 is 24.3 Å². The summed E-state index contributed by atoms with van der Waals surface area (Å²) in [7, 11) is 4.16. The molecule has 0 saturated carbocycles. The molecule has 1 aliphatic rings. The number of H-pyrrole nitrogens is 2. The van der Waals surface area contributed by atoms with Crippen LogP contribution in [0.2, 0.25) is 0 Å². The number of hydrogen-bond acceptors (Lipinski definition) is 7. The zero-order chi connectivity index (χ0) is 24.6. The molecule has 0 aliphatic carbocycles. The largest absolute Gasteiger partial charge is 0.437 e. The summed E-state index contributed by atoms with van der Waals surface area (Å²) in [6.45, 7) is 4.68. The summed E-state index contributed by atoms with van der Waals surface area (Å²) in [5.74, 6) is 1.91. The van der Waals surface area contributed by atoms with E-state index in [-0.39, 0.29) is 6.10 Å². The lowest BCUT2D eigenvalue weighted by Crippen LogP contribution is -2.51. The predicted molar refractivity (Wildman–Crippen MR) is 141 cm³/mol. The van der Waals surface area contributed by atoms with Gasteiger partial charge in [-0.15, -0.1) is 0 Å². The minimum atomic E-state index is 0.183. The van der Waals surface area contributed by atoms with Crippen LogP contribution in [0.25, 0.3) is 33.5 Å². The van der Waals surface area contributed by atoms with E-state index in [1.54, 1.807) is 6.20 Å². The Bertz CT molecular complexity index is 1490. The van der Waals surface area contributed by atoms with Crippen molar-refractivity contribution in [3.05, 3.63) is 60.8 Å². The topological polar surface area (TPSA) is 95.2 Å². The first kappa shape index (κ1) is 22.5. The van der Waals surface area contributed by atoms with Gasteiger partial charge in [0, 0.05) is 42.5 Å². The van der Waals surface area contributed by atoms with E-state index in [0.717, 1.165) is 46.4 Å². The van der Waals surface area contributed by atoms with E-state index in [1.807, 2.05) is 36.4 Å². The molecule has 184 valence electrons. The van der Waals surface area contributed by atoms with Gasteiger partial charge in [-0.3, -0.25) is 5.10 Å². The lowest BCUT2D eigenvalue weighted by molar-refractivity contribution is 0.00880. The molecule has 9 heteroatoms. The van der Waals surface area contributed by atoms with Crippen molar-refractivity contribution < 1.29 is 9.47 Å². The van der Waals surface area contributed by atoms with E-state index in [9.17, 15) is 0 Å². The van der Waals surface area contributed by atoms with Gasteiger partial charge in [0.2, 0.25) is 5.88 Å². The number of benzene rings is 2. The van der Waals surface area contributed by atoms with Crippen molar-refractivity contribution in [3.8, 4) is 23.1 Å². The Hall–Kier alpha value is -3.95. The van der Waals surface area contributed by atoms with Crippen LogP contribution in [0.3, 0.4) is 0 Å². The summed E-state index contributed by atoms with van der Waals surface area (Å²) in [5, 5.41) is 8.62. The van der Waals surface area contributed by atoms with Gasteiger partial charge in [0.15, 0.2) is 11.6 Å². The van der Waals surface area contributed by atoms with Crippen molar-refractivity contribution in [1.29, 1.82) is 0 Å². The molecule has 6 rings (SSSR count). The van der Waals surface area contributed by atoms with Gasteiger partial charge in [-0.25, -0.2) is 9.97 Å². The van der Waals surface area contributed by atoms with E-state index in [1.165, 1.54) is 0 Å². The maximum atomic E-state index is 6.05. The number of likely N-dealkylation sites (N-methyl/N-ethyl adjacent to an activating group) is 1. The molecule has 0 amide bonds. The number of hydrogen-bond donors (Lipinski definition) is 2. The van der Waals surface area contributed by atoms with Gasteiger partial charge in [-0.05, 0) is 51.4 Å². The standard InChI is InChI=1S/C27H29N7O2/c1-17-16-35-19(14-33(2)3)15-34(17)18-10-11-21-22(13-18)30-27(29-21)26-20-7-6-8-23(25(20)31-32-26)36-24-9-4-5-12-28-24/h4-13,17,19H,14-16H2,1-3H3,(H,29,30)(H,31,32). The third-order valence-electron chi connectivity index (χ3n) is 6.51. The fourth-order valence-corrected chi connectivity index (χ4v) is 4.78. The highest BCUT2D eigenvalue weighted by molar-refractivity contribution is 5.96. The second-order valence-electron chi connectivity index (χ2n) is 9.53. The first-order valence-corrected chi connectivity index (χ1v) is 12.1. The first-order valence-electron chi connectivity index (χ1n) is 12.1. The molecule has 36 heavy (non-hydrogen) atoms. The quantitative estimate of drug-likeness (QED) is 0.368. The Kier molecular flexibility index (Phi) is 5.79. The summed E-state index contributed by atoms with van der Waals surface area (Å²) in [6, 6.07) is 18.1. The predicted octanol–water partition coefficient (Wildman–Crippen LogP) is 4.45. The summed E-state index contributed by atoms with van der Waals surface area (Å²) in [6.07, 6.45) is 1.89. The average Bonchev–Trinajstić information content (AvgIpc) is 3.50. The molecule has 9 nitrogen and oxygen atoms in total. The lowest BCUT2D eigenvalue weighted by atomic mass is 10.1. The van der Waals surface area contributed by atoms with Crippen molar-refractivity contribution in [2.45, 2.75) is 19.1 Å². The molecule has 2 N–H and O–H groups in total. The minimum Gasteiger partial charge on any atom is -0.437 e. The molecule has 1 fully saturated rings. The number of nitrogens with zero attached hydrogens (tertiary/aromatic N) is 5. The van der Waals surface area contributed by atoms with Crippen LogP contribution in [0.1, 0.15) is 6.92 Å². The number of nitrogens with one attached hydrogen (secondary N) is 2. The SMILES string of the molecule is CC1COC(CN(C)C)CN1c1ccc2nc(-c3n[nH]c4c(Oc5ccccn5)cccc34)[nH]c2c1. The van der Waals surface area contributed by atoms with Crippen LogP contribution in [-0.2, 0) is 4.74 Å². The molecule has 2 unspecified atom stereocenters. The van der Waals surface area contributed by atoms with Crippen molar-refractivity contribution in [2.75, 3.05) is 38.7 Å². The van der Waals surface area contributed by atoms with Crippen LogP contribution >= 0.6 is 0 Å². The summed E-state index contributed by atoms with van der Waals surface area (Å²) in [4.78, 5) is 17.2. The molecule has 1 saturated heterocycles. The number of fused-ring (bicyclic) bond motifs is 2. The highest BCUT2D eigenvalue weighted by Crippen LogP contribution is 2.34. The Balaban J connectivity index is 1.31.